The number of para-hydroxylation sites is 1. The zero-order valence-corrected chi connectivity index (χ0v) is 29.2. The lowest BCUT2D eigenvalue weighted by molar-refractivity contribution is -0.438. The van der Waals surface area contributed by atoms with Gasteiger partial charge in [0.15, 0.2) is 5.71 Å². The number of allylic oxidation sites excluding steroid dienone is 6. The molecule has 4 N–H and O–H groups in total. The Balaban J connectivity index is 1.61. The molecule has 0 fully saturated rings. The molecule has 2 aliphatic rings. The monoisotopic (exact) mass is 685 g/mol. The minimum atomic E-state index is -4.44. The smallest absolute Gasteiger partial charge is 0.356 e. The summed E-state index contributed by atoms with van der Waals surface area (Å²) in [7, 11) is -8.45. The molecule has 254 valence electrons. The number of carbonyl (C=O) groups is 1. The van der Waals surface area contributed by atoms with Crippen LogP contribution in [-0.4, -0.2) is 63.0 Å². The van der Waals surface area contributed by atoms with E-state index < -0.39 is 29.1 Å². The van der Waals surface area contributed by atoms with Gasteiger partial charge >= 0.3 is 13.6 Å². The lowest BCUT2D eigenvalue weighted by Crippen LogP contribution is -2.28. The second kappa shape index (κ2) is 14.4. The van der Waals surface area contributed by atoms with Gasteiger partial charge in [-0.2, -0.15) is 13.0 Å². The summed E-state index contributed by atoms with van der Waals surface area (Å²) in [5.74, 6) is -1.08. The molecule has 2 aromatic rings. The molecule has 0 amide bonds. The summed E-state index contributed by atoms with van der Waals surface area (Å²) in [5, 5.41) is 8.98. The normalized spacial score (nSPS) is 18.1. The SMILES string of the molecule is CC1(C)C(/C=C/C=C/C=C2/N(CCCCCC(=O)O)c3ccc(P(=O)(O)O)cc3C2(C)C)=[N+](CCCCS(=O)(=O)O)c2ccccc21. The highest BCUT2D eigenvalue weighted by atomic mass is 32.2. The Morgan fingerprint density at radius 1 is 0.915 bits per heavy atom. The van der Waals surface area contributed by atoms with Crippen molar-refractivity contribution in [2.75, 3.05) is 23.7 Å². The number of unbranched alkanes of at least 4 members (excludes halogenated alkanes) is 3. The van der Waals surface area contributed by atoms with E-state index in [0.29, 0.717) is 32.4 Å². The number of aliphatic carboxylic acids is 1. The van der Waals surface area contributed by atoms with Crippen molar-refractivity contribution in [1.29, 1.82) is 0 Å². The van der Waals surface area contributed by atoms with Gasteiger partial charge in [-0.15, -0.1) is 0 Å². The molecule has 10 nitrogen and oxygen atoms in total. The van der Waals surface area contributed by atoms with Crippen molar-refractivity contribution < 1.29 is 41.8 Å². The van der Waals surface area contributed by atoms with E-state index in [1.165, 1.54) is 11.6 Å². The van der Waals surface area contributed by atoms with E-state index >= 15 is 0 Å². The second-order valence-corrected chi connectivity index (χ2v) is 16.4. The first-order valence-electron chi connectivity index (χ1n) is 15.9. The van der Waals surface area contributed by atoms with Crippen molar-refractivity contribution in [3.05, 3.63) is 89.7 Å². The highest BCUT2D eigenvalue weighted by Crippen LogP contribution is 2.49. The number of hydrogen-bond donors (Lipinski definition) is 4. The maximum absolute atomic E-state index is 12.1. The predicted molar refractivity (Wildman–Crippen MR) is 186 cm³/mol. The third-order valence-electron chi connectivity index (χ3n) is 9.05. The average Bonchev–Trinajstić information content (AvgIpc) is 3.32. The summed E-state index contributed by atoms with van der Waals surface area (Å²) in [4.78, 5) is 32.8. The number of carboxylic acids is 1. The van der Waals surface area contributed by atoms with Gasteiger partial charge in [0.25, 0.3) is 10.1 Å². The summed E-state index contributed by atoms with van der Waals surface area (Å²) in [6, 6.07) is 13.0. The Hall–Kier alpha value is -3.34. The molecule has 0 radical (unpaired) electrons. The molecule has 0 atom stereocenters. The van der Waals surface area contributed by atoms with Crippen LogP contribution in [0.1, 0.15) is 77.3 Å². The predicted octanol–water partition coefficient (Wildman–Crippen LogP) is 5.97. The Kier molecular flexibility index (Phi) is 11.2. The molecule has 4 rings (SSSR count). The number of carboxylic acid groups (broad SMARTS) is 1. The van der Waals surface area contributed by atoms with Crippen LogP contribution in [-0.2, 0) is 30.3 Å². The van der Waals surface area contributed by atoms with Gasteiger partial charge in [0.1, 0.15) is 6.54 Å². The van der Waals surface area contributed by atoms with Crippen molar-refractivity contribution in [2.24, 2.45) is 0 Å². The van der Waals surface area contributed by atoms with Crippen molar-refractivity contribution in [2.45, 2.75) is 77.0 Å². The third-order valence-corrected chi connectivity index (χ3v) is 10.8. The van der Waals surface area contributed by atoms with E-state index in [1.54, 1.807) is 12.1 Å². The minimum absolute atomic E-state index is 0.0230. The molecule has 0 saturated heterocycles. The summed E-state index contributed by atoms with van der Waals surface area (Å²) >= 11 is 0. The fraction of sp³-hybridized carbons (Fsp3) is 0.429. The van der Waals surface area contributed by atoms with E-state index in [1.807, 2.05) is 50.3 Å². The zero-order valence-electron chi connectivity index (χ0n) is 27.5. The molecule has 0 saturated carbocycles. The number of rotatable bonds is 15. The summed E-state index contributed by atoms with van der Waals surface area (Å²) in [6.07, 6.45) is 13.1. The molecule has 2 aromatic carbocycles. The molecule has 0 spiro atoms. The van der Waals surface area contributed by atoms with Crippen LogP contribution in [0.15, 0.2) is 78.5 Å². The van der Waals surface area contributed by atoms with Gasteiger partial charge in [-0.1, -0.05) is 56.7 Å². The number of benzene rings is 2. The van der Waals surface area contributed by atoms with Crippen molar-refractivity contribution >= 4 is 46.1 Å². The third kappa shape index (κ3) is 8.58. The Bertz CT molecular complexity index is 1780. The van der Waals surface area contributed by atoms with Crippen LogP contribution in [0.3, 0.4) is 0 Å². The van der Waals surface area contributed by atoms with Crippen molar-refractivity contribution in [3.8, 4) is 0 Å². The average molecular weight is 686 g/mol. The summed E-state index contributed by atoms with van der Waals surface area (Å²) < 4.78 is 45.9. The van der Waals surface area contributed by atoms with Crippen molar-refractivity contribution in [3.63, 3.8) is 0 Å². The van der Waals surface area contributed by atoms with Gasteiger partial charge in [0, 0.05) is 53.9 Å². The first kappa shape index (κ1) is 36.5. The van der Waals surface area contributed by atoms with Gasteiger partial charge in [-0.25, -0.2) is 0 Å². The number of hydrogen-bond acceptors (Lipinski definition) is 5. The summed E-state index contributed by atoms with van der Waals surface area (Å²) in [6.45, 7) is 9.62. The standard InChI is InChI=1S/C35H45N2O8PS/c1-34(2)27-15-10-11-16-29(27)36(23-13-14-24-47(43,44)45)31(34)17-7-5-8-18-32-35(3,4)28-25-26(46(40,41)42)20-21-30(28)37(32)22-12-6-9-19-33(38)39/h5,7-8,10-11,15-18,20-21,25H,6,9,12-14,19,22-24H2,1-4H3,(H3-,38,39,40,41,42,43,44,45)/p+1. The molecule has 0 bridgehead atoms. The van der Waals surface area contributed by atoms with Crippen LogP contribution >= 0.6 is 7.60 Å². The first-order valence-corrected chi connectivity index (χ1v) is 19.1. The van der Waals surface area contributed by atoms with Gasteiger partial charge in [0.2, 0.25) is 5.69 Å². The maximum Gasteiger partial charge on any atom is 0.356 e. The van der Waals surface area contributed by atoms with Crippen LogP contribution in [0.4, 0.5) is 11.4 Å². The molecule has 47 heavy (non-hydrogen) atoms. The van der Waals surface area contributed by atoms with Crippen LogP contribution in [0.5, 0.6) is 0 Å². The largest absolute Gasteiger partial charge is 0.481 e. The molecular weight excluding hydrogens is 639 g/mol. The highest BCUT2D eigenvalue weighted by Gasteiger charge is 2.44. The number of nitrogens with zero attached hydrogens (tertiary/aromatic N) is 2. The van der Waals surface area contributed by atoms with Gasteiger partial charge in [0.05, 0.1) is 16.5 Å². The molecule has 2 aliphatic heterocycles. The number of anilines is 1. The molecule has 0 aromatic heterocycles. The van der Waals surface area contributed by atoms with Gasteiger partial charge < -0.3 is 19.8 Å². The number of fused-ring (bicyclic) bond motifs is 2. The van der Waals surface area contributed by atoms with Crippen LogP contribution in [0, 0.1) is 0 Å². The fourth-order valence-corrected chi connectivity index (χ4v) is 7.74. The van der Waals surface area contributed by atoms with Crippen LogP contribution in [0.2, 0.25) is 0 Å². The lowest BCUT2D eigenvalue weighted by atomic mass is 9.81. The maximum atomic E-state index is 12.1. The van der Waals surface area contributed by atoms with Crippen molar-refractivity contribution in [1.82, 2.24) is 0 Å². The Morgan fingerprint density at radius 2 is 1.64 bits per heavy atom. The highest BCUT2D eigenvalue weighted by molar-refractivity contribution is 7.85. The van der Waals surface area contributed by atoms with E-state index in [0.717, 1.165) is 41.2 Å². The molecule has 0 unspecified atom stereocenters. The molecule has 0 aliphatic carbocycles. The molecule has 2 heterocycles. The van der Waals surface area contributed by atoms with E-state index in [2.05, 4.69) is 41.5 Å². The van der Waals surface area contributed by atoms with E-state index in [4.69, 9.17) is 9.66 Å². The zero-order chi connectivity index (χ0) is 34.6. The molecule has 12 heteroatoms. The quantitative estimate of drug-likeness (QED) is 0.0583. The van der Waals surface area contributed by atoms with Crippen LogP contribution < -0.4 is 10.2 Å². The fourth-order valence-electron chi connectivity index (χ4n) is 6.60. The van der Waals surface area contributed by atoms with Crippen LogP contribution in [0.25, 0.3) is 0 Å². The summed E-state index contributed by atoms with van der Waals surface area (Å²) in [5.41, 5.74) is 5.18. The van der Waals surface area contributed by atoms with E-state index in [9.17, 15) is 27.6 Å². The topological polar surface area (TPSA) is 155 Å². The van der Waals surface area contributed by atoms with Gasteiger partial charge in [-0.05, 0) is 62.9 Å². The Morgan fingerprint density at radius 3 is 2.32 bits per heavy atom. The first-order chi connectivity index (χ1) is 21.9. The minimum Gasteiger partial charge on any atom is -0.481 e. The Labute approximate surface area is 277 Å². The molecular formula is C35H46N2O8PS+. The lowest BCUT2D eigenvalue weighted by Gasteiger charge is -2.27. The second-order valence-electron chi connectivity index (χ2n) is 13.2. The van der Waals surface area contributed by atoms with E-state index in [-0.39, 0.29) is 22.9 Å². The van der Waals surface area contributed by atoms with Gasteiger partial charge in [-0.3, -0.25) is 13.9 Å².